The number of hydrogen-bond donors (Lipinski definition) is 0. The van der Waals surface area contributed by atoms with Gasteiger partial charge >= 0.3 is 6.61 Å². The Morgan fingerprint density at radius 3 is 2.69 bits per heavy atom. The lowest BCUT2D eigenvalue weighted by molar-refractivity contribution is -0.0512. The molecule has 1 aromatic rings. The summed E-state index contributed by atoms with van der Waals surface area (Å²) in [6.07, 6.45) is 2.82. The first-order valence-corrected chi connectivity index (χ1v) is 4.36. The molecule has 0 radical (unpaired) electrons. The molecule has 0 amide bonds. The summed E-state index contributed by atoms with van der Waals surface area (Å²) in [5.74, 6) is 0.159. The Balaban J connectivity index is 2.98. The van der Waals surface area contributed by atoms with E-state index in [2.05, 4.69) is 4.74 Å². The second-order valence-corrected chi connectivity index (χ2v) is 2.75. The quantitative estimate of drug-likeness (QED) is 0.740. The van der Waals surface area contributed by atoms with Gasteiger partial charge in [-0.3, -0.25) is 0 Å². The third kappa shape index (κ3) is 3.24. The van der Waals surface area contributed by atoms with E-state index in [9.17, 15) is 8.78 Å². The SMILES string of the molecule is COc1cc(C=CC#N)ccc1OC(F)F. The van der Waals surface area contributed by atoms with Crippen LogP contribution in [0.3, 0.4) is 0 Å². The molecule has 3 nitrogen and oxygen atoms in total. The van der Waals surface area contributed by atoms with Crippen molar-refractivity contribution in [3.63, 3.8) is 0 Å². The van der Waals surface area contributed by atoms with Gasteiger partial charge in [-0.25, -0.2) is 0 Å². The summed E-state index contributed by atoms with van der Waals surface area (Å²) in [5, 5.41) is 8.34. The highest BCUT2D eigenvalue weighted by molar-refractivity contribution is 5.57. The number of ether oxygens (including phenoxy) is 2. The molecule has 0 saturated carbocycles. The number of allylic oxidation sites excluding steroid dienone is 1. The zero-order valence-electron chi connectivity index (χ0n) is 8.48. The van der Waals surface area contributed by atoms with Gasteiger partial charge in [0.05, 0.1) is 13.2 Å². The molecule has 0 atom stereocenters. The minimum absolute atomic E-state index is 0.0355. The van der Waals surface area contributed by atoms with Crippen LogP contribution in [0.5, 0.6) is 11.5 Å². The van der Waals surface area contributed by atoms with Gasteiger partial charge in [-0.2, -0.15) is 14.0 Å². The van der Waals surface area contributed by atoms with Crippen molar-refractivity contribution in [1.82, 2.24) is 0 Å². The number of alkyl halides is 2. The largest absolute Gasteiger partial charge is 0.493 e. The van der Waals surface area contributed by atoms with E-state index in [0.29, 0.717) is 5.56 Å². The van der Waals surface area contributed by atoms with E-state index in [1.165, 1.54) is 31.4 Å². The van der Waals surface area contributed by atoms with E-state index >= 15 is 0 Å². The van der Waals surface area contributed by atoms with Crippen LogP contribution in [0.15, 0.2) is 24.3 Å². The molecule has 0 aromatic heterocycles. The molecular formula is C11H9F2NO2. The molecule has 0 saturated heterocycles. The number of nitriles is 1. The lowest BCUT2D eigenvalue weighted by Gasteiger charge is -2.09. The van der Waals surface area contributed by atoms with Crippen molar-refractivity contribution < 1.29 is 18.3 Å². The van der Waals surface area contributed by atoms with E-state index in [0.717, 1.165) is 0 Å². The number of nitrogens with zero attached hydrogens (tertiary/aromatic N) is 1. The molecule has 0 N–H and O–H groups in total. The maximum Gasteiger partial charge on any atom is 0.387 e. The summed E-state index contributed by atoms with van der Waals surface area (Å²) < 4.78 is 33.2. The van der Waals surface area contributed by atoms with Gasteiger partial charge in [-0.05, 0) is 23.8 Å². The first-order valence-electron chi connectivity index (χ1n) is 4.36. The molecule has 0 heterocycles. The Hall–Kier alpha value is -2.09. The minimum atomic E-state index is -2.89. The Bertz CT molecular complexity index is 424. The summed E-state index contributed by atoms with van der Waals surface area (Å²) in [6.45, 7) is -2.89. The Kier molecular flexibility index (Phi) is 4.28. The molecule has 16 heavy (non-hydrogen) atoms. The number of benzene rings is 1. The summed E-state index contributed by atoms with van der Waals surface area (Å²) in [5.41, 5.74) is 0.667. The van der Waals surface area contributed by atoms with Crippen LogP contribution in [-0.4, -0.2) is 13.7 Å². The first kappa shape index (κ1) is 12.0. The summed E-state index contributed by atoms with van der Waals surface area (Å²) in [4.78, 5) is 0. The lowest BCUT2D eigenvalue weighted by atomic mass is 10.2. The van der Waals surface area contributed by atoms with E-state index in [1.54, 1.807) is 6.07 Å². The van der Waals surface area contributed by atoms with Crippen LogP contribution in [-0.2, 0) is 0 Å². The van der Waals surface area contributed by atoms with Crippen LogP contribution >= 0.6 is 0 Å². The molecule has 0 aliphatic heterocycles. The molecule has 0 fully saturated rings. The van der Waals surface area contributed by atoms with Crippen LogP contribution in [0.4, 0.5) is 8.78 Å². The normalized spacial score (nSPS) is 10.4. The van der Waals surface area contributed by atoms with E-state index in [1.807, 2.05) is 6.07 Å². The van der Waals surface area contributed by atoms with Gasteiger partial charge in [0.2, 0.25) is 0 Å². The van der Waals surface area contributed by atoms with Crippen LogP contribution in [0.2, 0.25) is 0 Å². The second kappa shape index (κ2) is 5.71. The van der Waals surface area contributed by atoms with E-state index < -0.39 is 6.61 Å². The average molecular weight is 225 g/mol. The molecule has 1 rings (SSSR count). The average Bonchev–Trinajstić information content (AvgIpc) is 2.27. The second-order valence-electron chi connectivity index (χ2n) is 2.75. The maximum absolute atomic E-state index is 12.0. The third-order valence-corrected chi connectivity index (χ3v) is 1.75. The molecule has 1 aromatic carbocycles. The fourth-order valence-electron chi connectivity index (χ4n) is 1.11. The Labute approximate surface area is 91.5 Å². The Morgan fingerprint density at radius 1 is 1.38 bits per heavy atom. The van der Waals surface area contributed by atoms with Crippen molar-refractivity contribution >= 4 is 6.08 Å². The Morgan fingerprint density at radius 2 is 2.12 bits per heavy atom. The van der Waals surface area contributed by atoms with Crippen molar-refractivity contribution in [1.29, 1.82) is 5.26 Å². The van der Waals surface area contributed by atoms with Crippen LogP contribution in [0, 0.1) is 11.3 Å². The smallest absolute Gasteiger partial charge is 0.387 e. The van der Waals surface area contributed by atoms with Gasteiger partial charge in [0.1, 0.15) is 0 Å². The highest BCUT2D eigenvalue weighted by Gasteiger charge is 2.10. The van der Waals surface area contributed by atoms with Crippen molar-refractivity contribution in [2.75, 3.05) is 7.11 Å². The molecular weight excluding hydrogens is 216 g/mol. The van der Waals surface area contributed by atoms with Crippen LogP contribution in [0.25, 0.3) is 6.08 Å². The van der Waals surface area contributed by atoms with Crippen molar-refractivity contribution in [2.45, 2.75) is 6.61 Å². The molecule has 0 unspecified atom stereocenters. The zero-order chi connectivity index (χ0) is 12.0. The lowest BCUT2D eigenvalue weighted by Crippen LogP contribution is -2.03. The van der Waals surface area contributed by atoms with Gasteiger partial charge in [0, 0.05) is 6.08 Å². The predicted octanol–water partition coefficient (Wildman–Crippen LogP) is 2.83. The highest BCUT2D eigenvalue weighted by Crippen LogP contribution is 2.29. The van der Waals surface area contributed by atoms with Gasteiger partial charge in [0.15, 0.2) is 11.5 Å². The molecule has 84 valence electrons. The number of methoxy groups -OCH3 is 1. The van der Waals surface area contributed by atoms with Crippen molar-refractivity contribution in [3.05, 3.63) is 29.8 Å². The fraction of sp³-hybridized carbons (Fsp3) is 0.182. The monoisotopic (exact) mass is 225 g/mol. The van der Waals surface area contributed by atoms with Crippen molar-refractivity contribution in [2.24, 2.45) is 0 Å². The van der Waals surface area contributed by atoms with Gasteiger partial charge < -0.3 is 9.47 Å². The van der Waals surface area contributed by atoms with E-state index in [4.69, 9.17) is 10.00 Å². The number of hydrogen-bond acceptors (Lipinski definition) is 3. The first-order chi connectivity index (χ1) is 7.67. The highest BCUT2D eigenvalue weighted by atomic mass is 19.3. The summed E-state index contributed by atoms with van der Waals surface area (Å²) >= 11 is 0. The molecule has 0 aliphatic rings. The standard InChI is InChI=1S/C11H9F2NO2/c1-15-10-7-8(3-2-6-14)4-5-9(10)16-11(12)13/h2-5,7,11H,1H3. The topological polar surface area (TPSA) is 42.2 Å². The fourth-order valence-corrected chi connectivity index (χ4v) is 1.11. The predicted molar refractivity (Wildman–Crippen MR) is 54.3 cm³/mol. The molecule has 0 spiro atoms. The molecule has 0 bridgehead atoms. The maximum atomic E-state index is 12.0. The molecule has 0 aliphatic carbocycles. The minimum Gasteiger partial charge on any atom is -0.493 e. The zero-order valence-corrected chi connectivity index (χ0v) is 8.48. The summed E-state index contributed by atoms with van der Waals surface area (Å²) in [6, 6.07) is 6.25. The molecule has 5 heteroatoms. The third-order valence-electron chi connectivity index (χ3n) is 1.75. The number of rotatable bonds is 4. The van der Waals surface area contributed by atoms with Gasteiger partial charge in [-0.15, -0.1) is 0 Å². The van der Waals surface area contributed by atoms with Crippen molar-refractivity contribution in [3.8, 4) is 17.6 Å². The van der Waals surface area contributed by atoms with Crippen LogP contribution in [0.1, 0.15) is 5.56 Å². The van der Waals surface area contributed by atoms with Gasteiger partial charge in [0.25, 0.3) is 0 Å². The summed E-state index contributed by atoms with van der Waals surface area (Å²) in [7, 11) is 1.35. The van der Waals surface area contributed by atoms with E-state index in [-0.39, 0.29) is 11.5 Å². The van der Waals surface area contributed by atoms with Gasteiger partial charge in [-0.1, -0.05) is 6.07 Å². The number of halogens is 2. The van der Waals surface area contributed by atoms with Crippen LogP contribution < -0.4 is 9.47 Å².